The van der Waals surface area contributed by atoms with Gasteiger partial charge in [-0.25, -0.2) is 0 Å². The van der Waals surface area contributed by atoms with E-state index in [0.717, 1.165) is 12.5 Å². The molecule has 0 spiro atoms. The number of rotatable bonds is 4. The molecule has 1 aliphatic rings. The summed E-state index contributed by atoms with van der Waals surface area (Å²) in [6.07, 6.45) is 2.55. The van der Waals surface area contributed by atoms with Crippen LogP contribution in [-0.2, 0) is 6.54 Å². The van der Waals surface area contributed by atoms with Gasteiger partial charge in [0.2, 0.25) is 0 Å². The molecule has 100 valence electrons. The Morgan fingerprint density at radius 2 is 2.16 bits per heavy atom. The first-order valence-electron chi connectivity index (χ1n) is 6.73. The summed E-state index contributed by atoms with van der Waals surface area (Å²) < 4.78 is 1.19. The maximum absolute atomic E-state index is 3.65. The number of aryl methyl sites for hydroxylation is 1. The van der Waals surface area contributed by atoms with E-state index in [9.17, 15) is 0 Å². The highest BCUT2D eigenvalue weighted by atomic mass is 79.9. The van der Waals surface area contributed by atoms with Gasteiger partial charge in [0.15, 0.2) is 0 Å². The summed E-state index contributed by atoms with van der Waals surface area (Å²) in [5.41, 5.74) is 2.88. The van der Waals surface area contributed by atoms with E-state index in [2.05, 4.69) is 63.9 Å². The zero-order valence-electron chi connectivity index (χ0n) is 11.0. The van der Waals surface area contributed by atoms with Crippen LogP contribution in [0.4, 0.5) is 0 Å². The molecule has 1 aromatic heterocycles. The van der Waals surface area contributed by atoms with E-state index >= 15 is 0 Å². The molecule has 2 aromatic rings. The lowest BCUT2D eigenvalue weighted by Crippen LogP contribution is -2.39. The minimum absolute atomic E-state index is 0.686. The second-order valence-corrected chi connectivity index (χ2v) is 7.30. The number of hydrogen-bond acceptors (Lipinski definition) is 2. The third-order valence-electron chi connectivity index (χ3n) is 3.84. The highest BCUT2D eigenvalue weighted by Crippen LogP contribution is 2.37. The van der Waals surface area contributed by atoms with Crippen molar-refractivity contribution < 1.29 is 0 Å². The van der Waals surface area contributed by atoms with Crippen molar-refractivity contribution in [2.24, 2.45) is 0 Å². The Morgan fingerprint density at radius 3 is 2.84 bits per heavy atom. The van der Waals surface area contributed by atoms with Crippen LogP contribution in [0.5, 0.6) is 0 Å². The van der Waals surface area contributed by atoms with E-state index in [0.29, 0.717) is 6.04 Å². The monoisotopic (exact) mass is 335 g/mol. The van der Waals surface area contributed by atoms with Gasteiger partial charge in [0, 0.05) is 27.3 Å². The molecule has 1 saturated carbocycles. The second kappa shape index (κ2) is 5.78. The van der Waals surface area contributed by atoms with Crippen molar-refractivity contribution in [2.45, 2.75) is 38.3 Å². The van der Waals surface area contributed by atoms with Crippen LogP contribution in [-0.4, -0.2) is 6.04 Å². The molecule has 0 bridgehead atoms. The molecule has 1 aromatic carbocycles. The summed E-state index contributed by atoms with van der Waals surface area (Å²) in [7, 11) is 0. The van der Waals surface area contributed by atoms with Gasteiger partial charge in [0.05, 0.1) is 0 Å². The lowest BCUT2D eigenvalue weighted by molar-refractivity contribution is 0.290. The predicted octanol–water partition coefficient (Wildman–Crippen LogP) is 4.85. The van der Waals surface area contributed by atoms with Crippen LogP contribution in [0.25, 0.3) is 0 Å². The Morgan fingerprint density at radius 1 is 1.32 bits per heavy atom. The Bertz CT molecular complexity index is 557. The molecule has 19 heavy (non-hydrogen) atoms. The van der Waals surface area contributed by atoms with Crippen LogP contribution in [0.1, 0.15) is 34.8 Å². The van der Waals surface area contributed by atoms with E-state index in [1.807, 2.05) is 11.3 Å². The molecule has 3 heteroatoms. The molecule has 1 heterocycles. The Hall–Kier alpha value is -0.640. The maximum Gasteiger partial charge on any atom is 0.0302 e. The van der Waals surface area contributed by atoms with Crippen molar-refractivity contribution in [3.05, 3.63) is 56.2 Å². The van der Waals surface area contributed by atoms with Crippen LogP contribution in [0, 0.1) is 6.92 Å². The molecular formula is C16H18BrNS. The summed E-state index contributed by atoms with van der Waals surface area (Å²) in [6.45, 7) is 3.17. The summed E-state index contributed by atoms with van der Waals surface area (Å²) in [4.78, 5) is 1.41. The van der Waals surface area contributed by atoms with Gasteiger partial charge in [-0.2, -0.15) is 0 Å². The zero-order chi connectivity index (χ0) is 13.2. The molecule has 0 amide bonds. The Kier molecular flexibility index (Phi) is 4.06. The van der Waals surface area contributed by atoms with Crippen LogP contribution in [0.3, 0.4) is 0 Å². The van der Waals surface area contributed by atoms with E-state index < -0.39 is 0 Å². The van der Waals surface area contributed by atoms with E-state index in [4.69, 9.17) is 0 Å². The van der Waals surface area contributed by atoms with E-state index in [1.54, 1.807) is 0 Å². The van der Waals surface area contributed by atoms with Crippen LogP contribution < -0.4 is 5.32 Å². The fraction of sp³-hybridized carbons (Fsp3) is 0.375. The summed E-state index contributed by atoms with van der Waals surface area (Å²) in [6, 6.07) is 11.8. The second-order valence-electron chi connectivity index (χ2n) is 5.39. The molecular weight excluding hydrogens is 318 g/mol. The first kappa shape index (κ1) is 13.3. The van der Waals surface area contributed by atoms with Gasteiger partial charge in [0.25, 0.3) is 0 Å². The predicted molar refractivity (Wildman–Crippen MR) is 85.8 cm³/mol. The summed E-state index contributed by atoms with van der Waals surface area (Å²) in [5.74, 6) is 0.757. The third-order valence-corrected chi connectivity index (χ3v) is 5.54. The largest absolute Gasteiger partial charge is 0.309 e. The number of halogens is 1. The van der Waals surface area contributed by atoms with Gasteiger partial charge < -0.3 is 5.32 Å². The first-order valence-corrected chi connectivity index (χ1v) is 8.41. The molecule has 0 saturated heterocycles. The minimum Gasteiger partial charge on any atom is -0.309 e. The molecule has 0 atom stereocenters. The van der Waals surface area contributed by atoms with Crippen molar-refractivity contribution in [2.75, 3.05) is 0 Å². The van der Waals surface area contributed by atoms with E-state index in [1.165, 1.54) is 33.3 Å². The highest BCUT2D eigenvalue weighted by molar-refractivity contribution is 9.10. The average molecular weight is 336 g/mol. The van der Waals surface area contributed by atoms with Gasteiger partial charge >= 0.3 is 0 Å². The van der Waals surface area contributed by atoms with Gasteiger partial charge in [0.1, 0.15) is 0 Å². The van der Waals surface area contributed by atoms with Crippen LogP contribution >= 0.6 is 27.3 Å². The van der Waals surface area contributed by atoms with Gasteiger partial charge in [-0.1, -0.05) is 29.8 Å². The Balaban J connectivity index is 1.48. The number of nitrogens with one attached hydrogen (secondary N) is 1. The number of thiophene rings is 1. The van der Waals surface area contributed by atoms with Crippen molar-refractivity contribution in [1.82, 2.24) is 5.32 Å². The highest BCUT2D eigenvalue weighted by Gasteiger charge is 2.29. The van der Waals surface area contributed by atoms with Gasteiger partial charge in [-0.3, -0.25) is 0 Å². The summed E-state index contributed by atoms with van der Waals surface area (Å²) in [5, 5.41) is 5.80. The molecule has 0 radical (unpaired) electrons. The van der Waals surface area contributed by atoms with Crippen molar-refractivity contribution in [1.29, 1.82) is 0 Å². The molecule has 1 N–H and O–H groups in total. The first-order chi connectivity index (χ1) is 9.20. The number of hydrogen-bond donors (Lipinski definition) is 1. The lowest BCUT2D eigenvalue weighted by Gasteiger charge is -2.36. The van der Waals surface area contributed by atoms with Gasteiger partial charge in [-0.05, 0) is 53.2 Å². The standard InChI is InChI=1S/C16H18BrNS/c1-11-3-2-4-12(5-11)13-6-15(7-13)18-9-16-8-14(17)10-19-16/h2-5,8,10,13,15,18H,6-7,9H2,1H3. The molecule has 0 unspecified atom stereocenters. The molecule has 1 nitrogen and oxygen atoms in total. The molecule has 1 fully saturated rings. The number of benzene rings is 1. The molecule has 0 aliphatic heterocycles. The van der Waals surface area contributed by atoms with Crippen molar-refractivity contribution >= 4 is 27.3 Å². The Labute approximate surface area is 127 Å². The fourth-order valence-electron chi connectivity index (χ4n) is 2.67. The zero-order valence-corrected chi connectivity index (χ0v) is 13.4. The fourth-order valence-corrected chi connectivity index (χ4v) is 4.07. The molecule has 3 rings (SSSR count). The van der Waals surface area contributed by atoms with Crippen LogP contribution in [0.15, 0.2) is 40.2 Å². The van der Waals surface area contributed by atoms with E-state index in [-0.39, 0.29) is 0 Å². The SMILES string of the molecule is Cc1cccc(C2CC(NCc3cc(Br)cs3)C2)c1. The van der Waals surface area contributed by atoms with Crippen molar-refractivity contribution in [3.63, 3.8) is 0 Å². The average Bonchev–Trinajstić information content (AvgIpc) is 2.73. The maximum atomic E-state index is 3.65. The van der Waals surface area contributed by atoms with Crippen LogP contribution in [0.2, 0.25) is 0 Å². The van der Waals surface area contributed by atoms with Crippen molar-refractivity contribution in [3.8, 4) is 0 Å². The normalized spacial score (nSPS) is 22.2. The quantitative estimate of drug-likeness (QED) is 0.841. The minimum atomic E-state index is 0.686. The summed E-state index contributed by atoms with van der Waals surface area (Å²) >= 11 is 5.32. The smallest absolute Gasteiger partial charge is 0.0302 e. The topological polar surface area (TPSA) is 12.0 Å². The third kappa shape index (κ3) is 3.28. The lowest BCUT2D eigenvalue weighted by atomic mass is 9.75. The molecule has 1 aliphatic carbocycles. The van der Waals surface area contributed by atoms with Gasteiger partial charge in [-0.15, -0.1) is 11.3 Å².